The first-order chi connectivity index (χ1) is 11.6. The Morgan fingerprint density at radius 3 is 2.15 bits per heavy atom. The Balaban J connectivity index is 0.00000312. The lowest BCUT2D eigenvalue weighted by Crippen LogP contribution is -2.41. The van der Waals surface area contributed by atoms with Crippen molar-refractivity contribution in [1.29, 1.82) is 0 Å². The third-order valence-corrected chi connectivity index (χ3v) is 3.87. The highest BCUT2D eigenvalue weighted by Crippen LogP contribution is 2.14. The normalized spacial score (nSPS) is 15.2. The van der Waals surface area contributed by atoms with Gasteiger partial charge in [0.15, 0.2) is 0 Å². The van der Waals surface area contributed by atoms with Crippen LogP contribution in [0.1, 0.15) is 6.92 Å². The van der Waals surface area contributed by atoms with Crippen LogP contribution in [-0.2, 0) is 14.3 Å². The number of hydrogen-bond acceptors (Lipinski definition) is 5. The van der Waals surface area contributed by atoms with E-state index in [1.165, 1.54) is 0 Å². The van der Waals surface area contributed by atoms with Crippen LogP contribution in [0, 0.1) is 5.92 Å². The van der Waals surface area contributed by atoms with Crippen molar-refractivity contribution < 1.29 is 14.3 Å². The maximum Gasteiger partial charge on any atom is 0.238 e. The van der Waals surface area contributed by atoms with Crippen molar-refractivity contribution in [1.82, 2.24) is 10.2 Å². The summed E-state index contributed by atoms with van der Waals surface area (Å²) in [5.41, 5.74) is 1.43. The van der Waals surface area contributed by atoms with Crippen molar-refractivity contribution in [3.63, 3.8) is 0 Å². The molecule has 0 saturated carbocycles. The summed E-state index contributed by atoms with van der Waals surface area (Å²) in [7, 11) is 1.82. The van der Waals surface area contributed by atoms with E-state index in [0.29, 0.717) is 32.0 Å². The monoisotopic (exact) mass is 406 g/mol. The molecule has 9 heteroatoms. The Labute approximate surface area is 167 Å². The zero-order valence-electron chi connectivity index (χ0n) is 15.1. The molecule has 0 aliphatic carbocycles. The van der Waals surface area contributed by atoms with E-state index in [9.17, 15) is 9.59 Å². The standard InChI is InChI=1S/C17H26N4O3.2ClH/c1-13(11-18-2)17(23)20-15-5-3-14(4-6-15)19-16(22)12-21-7-9-24-10-8-21;;/h3-6,13,18H,7-12H2,1-2H3,(H,19,22)(H,20,23);2*1H. The molecule has 26 heavy (non-hydrogen) atoms. The van der Waals surface area contributed by atoms with E-state index in [1.54, 1.807) is 24.3 Å². The van der Waals surface area contributed by atoms with E-state index in [-0.39, 0.29) is 42.5 Å². The van der Waals surface area contributed by atoms with Crippen LogP contribution in [0.25, 0.3) is 0 Å². The fourth-order valence-electron chi connectivity index (χ4n) is 2.46. The molecule has 1 heterocycles. The van der Waals surface area contributed by atoms with Crippen LogP contribution in [0.3, 0.4) is 0 Å². The number of halogens is 2. The summed E-state index contributed by atoms with van der Waals surface area (Å²) in [6.45, 7) is 5.77. The number of anilines is 2. The molecule has 0 bridgehead atoms. The third-order valence-electron chi connectivity index (χ3n) is 3.87. The number of hydrogen-bond donors (Lipinski definition) is 3. The van der Waals surface area contributed by atoms with Crippen molar-refractivity contribution in [3.8, 4) is 0 Å². The summed E-state index contributed by atoms with van der Waals surface area (Å²) in [5, 5.41) is 8.71. The molecule has 3 N–H and O–H groups in total. The van der Waals surface area contributed by atoms with Gasteiger partial charge in [0.1, 0.15) is 0 Å². The first-order valence-electron chi connectivity index (χ1n) is 8.24. The fourth-order valence-corrected chi connectivity index (χ4v) is 2.46. The van der Waals surface area contributed by atoms with Crippen molar-refractivity contribution in [3.05, 3.63) is 24.3 Å². The average Bonchev–Trinajstić information content (AvgIpc) is 2.57. The molecule has 1 atom stereocenters. The van der Waals surface area contributed by atoms with Crippen molar-refractivity contribution in [2.75, 3.05) is 57.1 Å². The lowest BCUT2D eigenvalue weighted by Gasteiger charge is -2.25. The summed E-state index contributed by atoms with van der Waals surface area (Å²) in [4.78, 5) is 26.1. The van der Waals surface area contributed by atoms with Crippen molar-refractivity contribution in [2.45, 2.75) is 6.92 Å². The SMILES string of the molecule is CNCC(C)C(=O)Nc1ccc(NC(=O)CN2CCOCC2)cc1.Cl.Cl. The van der Waals surface area contributed by atoms with E-state index in [0.717, 1.165) is 18.8 Å². The fraction of sp³-hybridized carbons (Fsp3) is 0.529. The number of ether oxygens (including phenoxy) is 1. The molecule has 7 nitrogen and oxygen atoms in total. The van der Waals surface area contributed by atoms with Gasteiger partial charge in [-0.2, -0.15) is 0 Å². The molecule has 1 fully saturated rings. The minimum atomic E-state index is -0.108. The minimum Gasteiger partial charge on any atom is -0.379 e. The molecule has 0 aromatic heterocycles. The Morgan fingerprint density at radius 2 is 1.62 bits per heavy atom. The molecule has 1 aliphatic rings. The van der Waals surface area contributed by atoms with E-state index in [2.05, 4.69) is 20.9 Å². The number of carbonyl (C=O) groups is 2. The van der Waals surface area contributed by atoms with Gasteiger partial charge in [0.2, 0.25) is 11.8 Å². The van der Waals surface area contributed by atoms with E-state index < -0.39 is 0 Å². The minimum absolute atomic E-state index is 0. The molecule has 1 saturated heterocycles. The van der Waals surface area contributed by atoms with Crippen LogP contribution in [0.5, 0.6) is 0 Å². The number of rotatable bonds is 7. The first kappa shape index (κ1) is 24.6. The molecule has 0 radical (unpaired) electrons. The van der Waals surface area contributed by atoms with E-state index in [4.69, 9.17) is 4.74 Å². The van der Waals surface area contributed by atoms with Gasteiger partial charge in [0.05, 0.1) is 19.8 Å². The van der Waals surface area contributed by atoms with Crippen LogP contribution in [-0.4, -0.2) is 63.2 Å². The van der Waals surface area contributed by atoms with Crippen LogP contribution in [0.4, 0.5) is 11.4 Å². The molecular formula is C17H28Cl2N4O3. The van der Waals surface area contributed by atoms with Gasteiger partial charge in [-0.3, -0.25) is 14.5 Å². The maximum absolute atomic E-state index is 12.0. The Bertz CT molecular complexity index is 551. The molecular weight excluding hydrogens is 379 g/mol. The summed E-state index contributed by atoms with van der Waals surface area (Å²) in [6.07, 6.45) is 0. The van der Waals surface area contributed by atoms with E-state index >= 15 is 0 Å². The molecule has 1 unspecified atom stereocenters. The molecule has 148 valence electrons. The Hall–Kier alpha value is -1.38. The van der Waals surface area contributed by atoms with Crippen LogP contribution < -0.4 is 16.0 Å². The highest BCUT2D eigenvalue weighted by molar-refractivity contribution is 5.94. The molecule has 2 amide bonds. The molecule has 1 aromatic rings. The average molecular weight is 407 g/mol. The molecule has 1 aliphatic heterocycles. The topological polar surface area (TPSA) is 82.7 Å². The van der Waals surface area contributed by atoms with Crippen molar-refractivity contribution in [2.24, 2.45) is 5.92 Å². The third kappa shape index (κ3) is 8.33. The van der Waals surface area contributed by atoms with E-state index in [1.807, 2.05) is 14.0 Å². The zero-order valence-corrected chi connectivity index (χ0v) is 16.8. The van der Waals surface area contributed by atoms with Gasteiger partial charge in [0.25, 0.3) is 0 Å². The highest BCUT2D eigenvalue weighted by atomic mass is 35.5. The summed E-state index contributed by atoms with van der Waals surface area (Å²) < 4.78 is 5.26. The number of nitrogens with zero attached hydrogens (tertiary/aromatic N) is 1. The Kier molecular flexibility index (Phi) is 12.2. The predicted octanol–water partition coefficient (Wildman–Crippen LogP) is 1.59. The largest absolute Gasteiger partial charge is 0.379 e. The number of benzene rings is 1. The summed E-state index contributed by atoms with van der Waals surface area (Å²) in [6, 6.07) is 7.15. The van der Waals surface area contributed by atoms with Gasteiger partial charge in [-0.25, -0.2) is 0 Å². The van der Waals surface area contributed by atoms with Gasteiger partial charge >= 0.3 is 0 Å². The summed E-state index contributed by atoms with van der Waals surface area (Å²) in [5.74, 6) is -0.187. The quantitative estimate of drug-likeness (QED) is 0.640. The van der Waals surface area contributed by atoms with Crippen LogP contribution in [0.2, 0.25) is 0 Å². The van der Waals surface area contributed by atoms with Gasteiger partial charge in [-0.05, 0) is 31.3 Å². The first-order valence-corrected chi connectivity index (χ1v) is 8.24. The predicted molar refractivity (Wildman–Crippen MR) is 109 cm³/mol. The second-order valence-electron chi connectivity index (χ2n) is 5.96. The summed E-state index contributed by atoms with van der Waals surface area (Å²) >= 11 is 0. The highest BCUT2D eigenvalue weighted by Gasteiger charge is 2.14. The number of amides is 2. The van der Waals surface area contributed by atoms with Crippen LogP contribution in [0.15, 0.2) is 24.3 Å². The molecule has 0 spiro atoms. The van der Waals surface area contributed by atoms with Gasteiger partial charge in [-0.1, -0.05) is 6.92 Å². The maximum atomic E-state index is 12.0. The van der Waals surface area contributed by atoms with Gasteiger partial charge in [-0.15, -0.1) is 24.8 Å². The van der Waals surface area contributed by atoms with Gasteiger partial charge < -0.3 is 20.7 Å². The van der Waals surface area contributed by atoms with Crippen molar-refractivity contribution >= 4 is 48.0 Å². The second-order valence-corrected chi connectivity index (χ2v) is 5.96. The second kappa shape index (κ2) is 12.9. The smallest absolute Gasteiger partial charge is 0.238 e. The molecule has 2 rings (SSSR count). The lowest BCUT2D eigenvalue weighted by atomic mass is 10.1. The zero-order chi connectivity index (χ0) is 17.4. The van der Waals surface area contributed by atoms with Crippen LogP contribution >= 0.6 is 24.8 Å². The Morgan fingerprint density at radius 1 is 1.08 bits per heavy atom. The number of morpholine rings is 1. The van der Waals surface area contributed by atoms with Gasteiger partial charge in [0, 0.05) is 36.9 Å². The lowest BCUT2D eigenvalue weighted by molar-refractivity contribution is -0.119. The molecule has 1 aromatic carbocycles. The number of carbonyl (C=O) groups excluding carboxylic acids is 2. The number of nitrogens with one attached hydrogen (secondary N) is 3.